The highest BCUT2D eigenvalue weighted by atomic mass is 16.3. The first kappa shape index (κ1) is 11.7. The number of hydrogen-bond donors (Lipinski definition) is 1. The average molecular weight is 255 g/mol. The van der Waals surface area contributed by atoms with E-state index in [1.165, 1.54) is 0 Å². The van der Waals surface area contributed by atoms with Crippen molar-refractivity contribution in [1.29, 1.82) is 0 Å². The van der Waals surface area contributed by atoms with Crippen LogP contribution in [0.25, 0.3) is 11.3 Å². The van der Waals surface area contributed by atoms with Crippen molar-refractivity contribution in [3.63, 3.8) is 0 Å². The highest BCUT2D eigenvalue weighted by Crippen LogP contribution is 2.36. The molecule has 0 unspecified atom stereocenters. The van der Waals surface area contributed by atoms with Gasteiger partial charge >= 0.3 is 0 Å². The van der Waals surface area contributed by atoms with Crippen LogP contribution in [0.4, 0.5) is 5.69 Å². The average Bonchev–Trinajstić information content (AvgIpc) is 2.87. The molecule has 0 atom stereocenters. The zero-order valence-corrected chi connectivity index (χ0v) is 10.5. The normalized spacial score (nSPS) is 13.8. The molecule has 0 fully saturated rings. The van der Waals surface area contributed by atoms with Crippen LogP contribution >= 0.6 is 0 Å². The Bertz CT molecular complexity index is 670. The van der Waals surface area contributed by atoms with Crippen LogP contribution < -0.4 is 5.32 Å². The van der Waals surface area contributed by atoms with Crippen molar-refractivity contribution in [2.45, 2.75) is 19.8 Å². The Morgan fingerprint density at radius 2 is 2.11 bits per heavy atom. The Morgan fingerprint density at radius 3 is 2.84 bits per heavy atom. The van der Waals surface area contributed by atoms with Crippen molar-refractivity contribution in [1.82, 2.24) is 0 Å². The molecule has 2 aromatic rings. The van der Waals surface area contributed by atoms with E-state index in [-0.39, 0.29) is 11.7 Å². The summed E-state index contributed by atoms with van der Waals surface area (Å²) in [5, 5.41) is 2.89. The molecule has 1 aromatic carbocycles. The Balaban J connectivity index is 2.17. The number of aryl methyl sites for hydroxylation is 2. The predicted octanol–water partition coefficient (Wildman–Crippen LogP) is 2.95. The number of hydrogen-bond acceptors (Lipinski definition) is 3. The smallest absolute Gasteiger partial charge is 0.224 e. The molecule has 1 aliphatic rings. The van der Waals surface area contributed by atoms with Crippen molar-refractivity contribution in [3.8, 4) is 11.3 Å². The maximum absolute atomic E-state index is 11.6. The maximum Gasteiger partial charge on any atom is 0.224 e. The van der Waals surface area contributed by atoms with Gasteiger partial charge in [-0.3, -0.25) is 9.59 Å². The molecule has 0 aliphatic carbocycles. The number of aldehydes is 1. The van der Waals surface area contributed by atoms with Gasteiger partial charge in [-0.1, -0.05) is 6.07 Å². The Labute approximate surface area is 110 Å². The zero-order valence-electron chi connectivity index (χ0n) is 10.5. The van der Waals surface area contributed by atoms with Crippen LogP contribution in [0, 0.1) is 6.92 Å². The van der Waals surface area contributed by atoms with Gasteiger partial charge in [0.25, 0.3) is 0 Å². The first-order valence-corrected chi connectivity index (χ1v) is 6.16. The lowest BCUT2D eigenvalue weighted by atomic mass is 9.95. The van der Waals surface area contributed by atoms with E-state index in [1.807, 2.05) is 13.0 Å². The number of nitrogens with one attached hydrogen (secondary N) is 1. The second-order valence-corrected chi connectivity index (χ2v) is 4.71. The fourth-order valence-corrected chi connectivity index (χ4v) is 2.41. The predicted molar refractivity (Wildman–Crippen MR) is 71.2 cm³/mol. The molecule has 19 heavy (non-hydrogen) atoms. The lowest BCUT2D eigenvalue weighted by molar-refractivity contribution is -0.116. The molecule has 1 aromatic heterocycles. The number of amides is 1. The van der Waals surface area contributed by atoms with Crippen molar-refractivity contribution in [3.05, 3.63) is 41.2 Å². The van der Waals surface area contributed by atoms with Crippen LogP contribution in [0.3, 0.4) is 0 Å². The van der Waals surface area contributed by atoms with Gasteiger partial charge in [0.05, 0.1) is 5.69 Å². The van der Waals surface area contributed by atoms with Crippen LogP contribution in [0.5, 0.6) is 0 Å². The summed E-state index contributed by atoms with van der Waals surface area (Å²) < 4.78 is 5.46. The van der Waals surface area contributed by atoms with Crippen LogP contribution in [0.15, 0.2) is 28.7 Å². The van der Waals surface area contributed by atoms with Crippen LogP contribution in [0.2, 0.25) is 0 Å². The lowest BCUT2D eigenvalue weighted by Gasteiger charge is -2.20. The van der Waals surface area contributed by atoms with Gasteiger partial charge in [0.1, 0.15) is 5.76 Å². The second kappa shape index (κ2) is 4.39. The summed E-state index contributed by atoms with van der Waals surface area (Å²) in [6, 6.07) is 7.40. The summed E-state index contributed by atoms with van der Waals surface area (Å²) in [5.74, 6) is 0.899. The van der Waals surface area contributed by atoms with Gasteiger partial charge in [0, 0.05) is 12.0 Å². The molecule has 0 saturated heterocycles. The van der Waals surface area contributed by atoms with E-state index < -0.39 is 0 Å². The molecule has 3 rings (SSSR count). The van der Waals surface area contributed by atoms with Gasteiger partial charge in [-0.05, 0) is 42.7 Å². The monoisotopic (exact) mass is 255 g/mol. The highest BCUT2D eigenvalue weighted by Gasteiger charge is 2.20. The molecule has 1 N–H and O–H groups in total. The van der Waals surface area contributed by atoms with E-state index in [0.29, 0.717) is 18.5 Å². The molecule has 0 spiro atoms. The molecule has 0 bridgehead atoms. The van der Waals surface area contributed by atoms with Gasteiger partial charge in [-0.2, -0.15) is 0 Å². The van der Waals surface area contributed by atoms with E-state index in [1.54, 1.807) is 12.1 Å². The van der Waals surface area contributed by atoms with E-state index in [4.69, 9.17) is 4.42 Å². The molecule has 96 valence electrons. The van der Waals surface area contributed by atoms with Gasteiger partial charge in [-0.15, -0.1) is 0 Å². The molecule has 2 heterocycles. The van der Waals surface area contributed by atoms with E-state index >= 15 is 0 Å². The number of furan rings is 1. The zero-order chi connectivity index (χ0) is 13.4. The highest BCUT2D eigenvalue weighted by molar-refractivity contribution is 5.98. The summed E-state index contributed by atoms with van der Waals surface area (Å²) in [6.07, 6.45) is 1.91. The fourth-order valence-electron chi connectivity index (χ4n) is 2.41. The third-order valence-corrected chi connectivity index (χ3v) is 3.26. The number of carbonyl (C=O) groups is 2. The minimum Gasteiger partial charge on any atom is -0.453 e. The molecular formula is C15H13NO3. The summed E-state index contributed by atoms with van der Waals surface area (Å²) in [4.78, 5) is 22.3. The van der Waals surface area contributed by atoms with Gasteiger partial charge in [0.15, 0.2) is 12.0 Å². The van der Waals surface area contributed by atoms with Crippen molar-refractivity contribution < 1.29 is 14.0 Å². The first-order chi connectivity index (χ1) is 9.17. The Kier molecular flexibility index (Phi) is 2.71. The van der Waals surface area contributed by atoms with Crippen molar-refractivity contribution in [2.24, 2.45) is 0 Å². The second-order valence-electron chi connectivity index (χ2n) is 4.71. The number of carbonyl (C=O) groups excluding carboxylic acids is 2. The topological polar surface area (TPSA) is 59.3 Å². The van der Waals surface area contributed by atoms with Gasteiger partial charge in [0.2, 0.25) is 5.91 Å². The van der Waals surface area contributed by atoms with Crippen LogP contribution in [-0.4, -0.2) is 12.2 Å². The number of benzene rings is 1. The number of fused-ring (bicyclic) bond motifs is 1. The molecule has 4 heteroatoms. The molecule has 0 saturated carbocycles. The first-order valence-electron chi connectivity index (χ1n) is 6.16. The van der Waals surface area contributed by atoms with Crippen LogP contribution in [-0.2, 0) is 11.2 Å². The molecule has 0 radical (unpaired) electrons. The lowest BCUT2D eigenvalue weighted by Crippen LogP contribution is -2.19. The third-order valence-electron chi connectivity index (χ3n) is 3.26. The molecule has 1 amide bonds. The minimum absolute atomic E-state index is 0.0137. The molecule has 1 aliphatic heterocycles. The summed E-state index contributed by atoms with van der Waals surface area (Å²) in [5.41, 5.74) is 3.84. The number of anilines is 1. The molecular weight excluding hydrogens is 242 g/mol. The summed E-state index contributed by atoms with van der Waals surface area (Å²) in [6.45, 7) is 2.00. The summed E-state index contributed by atoms with van der Waals surface area (Å²) >= 11 is 0. The van der Waals surface area contributed by atoms with E-state index in [0.717, 1.165) is 28.8 Å². The van der Waals surface area contributed by atoms with Crippen LogP contribution in [0.1, 0.15) is 28.1 Å². The minimum atomic E-state index is 0.0137. The van der Waals surface area contributed by atoms with E-state index in [2.05, 4.69) is 11.4 Å². The Hall–Kier alpha value is -2.36. The standard InChI is InChI=1S/C15H13NO3/c1-9-6-10-2-5-14(18)16-15(10)12(7-9)13-4-3-11(8-17)19-13/h3-4,6-8H,2,5H2,1H3,(H,16,18). The Morgan fingerprint density at radius 1 is 1.26 bits per heavy atom. The van der Waals surface area contributed by atoms with Crippen molar-refractivity contribution >= 4 is 17.9 Å². The van der Waals surface area contributed by atoms with E-state index in [9.17, 15) is 9.59 Å². The molecule has 4 nitrogen and oxygen atoms in total. The third kappa shape index (κ3) is 2.05. The van der Waals surface area contributed by atoms with Gasteiger partial charge in [-0.25, -0.2) is 0 Å². The largest absolute Gasteiger partial charge is 0.453 e. The SMILES string of the molecule is Cc1cc2c(c(-c3ccc(C=O)o3)c1)NC(=O)CC2. The summed E-state index contributed by atoms with van der Waals surface area (Å²) in [7, 11) is 0. The maximum atomic E-state index is 11.6. The quantitative estimate of drug-likeness (QED) is 0.839. The van der Waals surface area contributed by atoms with Crippen molar-refractivity contribution in [2.75, 3.05) is 5.32 Å². The number of rotatable bonds is 2. The van der Waals surface area contributed by atoms with Gasteiger partial charge < -0.3 is 9.73 Å². The fraction of sp³-hybridized carbons (Fsp3) is 0.200.